The standard InChI is InChI=1S/C21H23N3O5S/c25-19(12-6-7-15-16(9-12)29-11-28-15)24-21-23-18-14(4-1-5-17(18)30-21)20(26)22-10-13-3-2-8-27-13/h6-7,9,13-14H,1-5,8,10-11H2,(H,22,26)(H,23,24,25)/t13-,14+/m1/s1. The number of benzene rings is 1. The molecule has 30 heavy (non-hydrogen) atoms. The Kier molecular flexibility index (Phi) is 5.30. The molecule has 2 amide bonds. The van der Waals surface area contributed by atoms with E-state index in [4.69, 9.17) is 14.2 Å². The van der Waals surface area contributed by atoms with E-state index in [1.165, 1.54) is 11.3 Å². The van der Waals surface area contributed by atoms with Gasteiger partial charge in [-0.3, -0.25) is 14.9 Å². The van der Waals surface area contributed by atoms with Gasteiger partial charge in [0.15, 0.2) is 16.6 Å². The lowest BCUT2D eigenvalue weighted by Crippen LogP contribution is -2.36. The number of anilines is 1. The van der Waals surface area contributed by atoms with E-state index < -0.39 is 0 Å². The second kappa shape index (κ2) is 8.23. The van der Waals surface area contributed by atoms with E-state index in [1.54, 1.807) is 18.2 Å². The first-order valence-corrected chi connectivity index (χ1v) is 11.1. The first-order valence-electron chi connectivity index (χ1n) is 10.3. The highest BCUT2D eigenvalue weighted by Crippen LogP contribution is 2.37. The second-order valence-electron chi connectivity index (χ2n) is 7.67. The molecule has 2 atom stereocenters. The normalized spacial score (nSPS) is 21.9. The van der Waals surface area contributed by atoms with Crippen LogP contribution in [0.25, 0.3) is 0 Å². The van der Waals surface area contributed by atoms with Gasteiger partial charge in [0.1, 0.15) is 0 Å². The van der Waals surface area contributed by atoms with Crippen molar-refractivity contribution in [1.29, 1.82) is 0 Å². The molecule has 0 radical (unpaired) electrons. The molecule has 2 aliphatic heterocycles. The molecule has 0 bridgehead atoms. The summed E-state index contributed by atoms with van der Waals surface area (Å²) in [5.74, 6) is 0.643. The van der Waals surface area contributed by atoms with Crippen LogP contribution in [0.15, 0.2) is 18.2 Å². The Morgan fingerprint density at radius 3 is 2.93 bits per heavy atom. The first kappa shape index (κ1) is 19.3. The summed E-state index contributed by atoms with van der Waals surface area (Å²) in [4.78, 5) is 31.1. The molecule has 3 heterocycles. The number of aryl methyl sites for hydroxylation is 1. The Morgan fingerprint density at radius 1 is 1.17 bits per heavy atom. The number of amides is 2. The highest BCUT2D eigenvalue weighted by atomic mass is 32.1. The molecule has 0 saturated carbocycles. The fourth-order valence-electron chi connectivity index (χ4n) is 4.08. The Labute approximate surface area is 177 Å². The number of thiazole rings is 1. The van der Waals surface area contributed by atoms with Gasteiger partial charge >= 0.3 is 0 Å². The Hall–Kier alpha value is -2.65. The van der Waals surface area contributed by atoms with Crippen molar-refractivity contribution in [3.63, 3.8) is 0 Å². The largest absolute Gasteiger partial charge is 0.454 e. The van der Waals surface area contributed by atoms with E-state index in [1.807, 2.05) is 0 Å². The van der Waals surface area contributed by atoms with Gasteiger partial charge in [-0.05, 0) is 50.3 Å². The molecule has 1 aliphatic carbocycles. The molecule has 1 fully saturated rings. The monoisotopic (exact) mass is 429 g/mol. The van der Waals surface area contributed by atoms with Gasteiger partial charge in [0.2, 0.25) is 12.7 Å². The number of rotatable bonds is 5. The smallest absolute Gasteiger partial charge is 0.257 e. The average Bonchev–Trinajstić information content (AvgIpc) is 3.51. The molecular weight excluding hydrogens is 406 g/mol. The summed E-state index contributed by atoms with van der Waals surface area (Å²) in [6.07, 6.45) is 4.73. The highest BCUT2D eigenvalue weighted by molar-refractivity contribution is 7.16. The van der Waals surface area contributed by atoms with Crippen molar-refractivity contribution >= 4 is 28.3 Å². The molecule has 1 aromatic carbocycles. The van der Waals surface area contributed by atoms with Gasteiger partial charge < -0.3 is 19.5 Å². The Balaban J connectivity index is 1.26. The maximum absolute atomic E-state index is 12.8. The maximum atomic E-state index is 12.8. The molecular formula is C21H23N3O5S. The summed E-state index contributed by atoms with van der Waals surface area (Å²) in [7, 11) is 0. The number of fused-ring (bicyclic) bond motifs is 2. The van der Waals surface area contributed by atoms with Gasteiger partial charge in [0.05, 0.1) is 17.7 Å². The minimum Gasteiger partial charge on any atom is -0.454 e. The van der Waals surface area contributed by atoms with Crippen LogP contribution in [-0.4, -0.2) is 42.8 Å². The summed E-state index contributed by atoms with van der Waals surface area (Å²) in [5, 5.41) is 6.40. The van der Waals surface area contributed by atoms with Crippen molar-refractivity contribution in [3.8, 4) is 11.5 Å². The minimum absolute atomic E-state index is 0.00889. The zero-order valence-corrected chi connectivity index (χ0v) is 17.3. The highest BCUT2D eigenvalue weighted by Gasteiger charge is 2.31. The molecule has 2 N–H and O–H groups in total. The Bertz CT molecular complexity index is 970. The average molecular weight is 429 g/mol. The number of carbonyl (C=O) groups is 2. The van der Waals surface area contributed by atoms with E-state index in [0.29, 0.717) is 28.7 Å². The topological polar surface area (TPSA) is 98.8 Å². The number of aromatic nitrogens is 1. The fourth-order valence-corrected chi connectivity index (χ4v) is 5.14. The van der Waals surface area contributed by atoms with Crippen molar-refractivity contribution in [1.82, 2.24) is 10.3 Å². The van der Waals surface area contributed by atoms with Gasteiger partial charge in [-0.25, -0.2) is 4.98 Å². The van der Waals surface area contributed by atoms with Gasteiger partial charge in [0, 0.05) is 23.6 Å². The fraction of sp³-hybridized carbons (Fsp3) is 0.476. The van der Waals surface area contributed by atoms with Gasteiger partial charge in [-0.2, -0.15) is 0 Å². The first-order chi connectivity index (χ1) is 14.7. The van der Waals surface area contributed by atoms with Gasteiger partial charge in [0.25, 0.3) is 5.91 Å². The zero-order valence-electron chi connectivity index (χ0n) is 16.4. The van der Waals surface area contributed by atoms with Crippen LogP contribution in [-0.2, 0) is 16.0 Å². The SMILES string of the molecule is O=C(Nc1nc2c(s1)CCC[C@@H]2C(=O)NC[C@H]1CCCO1)c1ccc2c(c1)OCO2. The van der Waals surface area contributed by atoms with Gasteiger partial charge in [-0.15, -0.1) is 11.3 Å². The second-order valence-corrected chi connectivity index (χ2v) is 8.76. The number of hydrogen-bond acceptors (Lipinski definition) is 7. The predicted octanol–water partition coefficient (Wildman–Crippen LogP) is 2.84. The Morgan fingerprint density at radius 2 is 2.07 bits per heavy atom. The number of nitrogens with zero attached hydrogens (tertiary/aromatic N) is 1. The lowest BCUT2D eigenvalue weighted by atomic mass is 9.90. The van der Waals surface area contributed by atoms with E-state index in [-0.39, 0.29) is 30.6 Å². The molecule has 1 aromatic heterocycles. The van der Waals surface area contributed by atoms with Crippen molar-refractivity contribution in [3.05, 3.63) is 34.3 Å². The van der Waals surface area contributed by atoms with Crippen LogP contribution in [0.4, 0.5) is 5.13 Å². The van der Waals surface area contributed by atoms with Crippen molar-refractivity contribution in [2.75, 3.05) is 25.3 Å². The summed E-state index contributed by atoms with van der Waals surface area (Å²) in [6, 6.07) is 5.07. The molecule has 1 saturated heterocycles. The molecule has 3 aliphatic rings. The van der Waals surface area contributed by atoms with E-state index in [9.17, 15) is 9.59 Å². The zero-order chi connectivity index (χ0) is 20.5. The minimum atomic E-state index is -0.275. The third kappa shape index (κ3) is 3.87. The number of carbonyl (C=O) groups excluding carboxylic acids is 2. The van der Waals surface area contributed by atoms with E-state index in [2.05, 4.69) is 15.6 Å². The predicted molar refractivity (Wildman–Crippen MR) is 110 cm³/mol. The number of nitrogens with one attached hydrogen (secondary N) is 2. The summed E-state index contributed by atoms with van der Waals surface area (Å²) in [6.45, 7) is 1.48. The van der Waals surface area contributed by atoms with Crippen LogP contribution in [0.1, 0.15) is 52.5 Å². The lowest BCUT2D eigenvalue weighted by molar-refractivity contribution is -0.123. The molecule has 158 valence electrons. The molecule has 9 heteroatoms. The summed E-state index contributed by atoms with van der Waals surface area (Å²) >= 11 is 1.44. The summed E-state index contributed by atoms with van der Waals surface area (Å²) < 4.78 is 16.2. The molecule has 8 nitrogen and oxygen atoms in total. The lowest BCUT2D eigenvalue weighted by Gasteiger charge is -2.21. The molecule has 2 aromatic rings. The molecule has 5 rings (SSSR count). The van der Waals surface area contributed by atoms with Crippen molar-refractivity contribution in [2.45, 2.75) is 44.1 Å². The van der Waals surface area contributed by atoms with Crippen LogP contribution in [0.2, 0.25) is 0 Å². The van der Waals surface area contributed by atoms with Gasteiger partial charge in [-0.1, -0.05) is 0 Å². The third-order valence-electron chi connectivity index (χ3n) is 5.65. The maximum Gasteiger partial charge on any atom is 0.257 e. The van der Waals surface area contributed by atoms with Crippen LogP contribution >= 0.6 is 11.3 Å². The molecule has 0 unspecified atom stereocenters. The van der Waals surface area contributed by atoms with Crippen molar-refractivity contribution in [2.24, 2.45) is 0 Å². The van der Waals surface area contributed by atoms with E-state index >= 15 is 0 Å². The van der Waals surface area contributed by atoms with E-state index in [0.717, 1.165) is 49.3 Å². The van der Waals surface area contributed by atoms with Crippen LogP contribution in [0, 0.1) is 0 Å². The van der Waals surface area contributed by atoms with Crippen LogP contribution < -0.4 is 20.1 Å². The third-order valence-corrected chi connectivity index (χ3v) is 6.70. The quantitative estimate of drug-likeness (QED) is 0.758. The van der Waals surface area contributed by atoms with Crippen LogP contribution in [0.5, 0.6) is 11.5 Å². The van der Waals surface area contributed by atoms with Crippen LogP contribution in [0.3, 0.4) is 0 Å². The number of hydrogen-bond donors (Lipinski definition) is 2. The number of ether oxygens (including phenoxy) is 3. The van der Waals surface area contributed by atoms with Crippen molar-refractivity contribution < 1.29 is 23.8 Å². The molecule has 0 spiro atoms. The summed E-state index contributed by atoms with van der Waals surface area (Å²) in [5.41, 5.74) is 1.26.